The van der Waals surface area contributed by atoms with Gasteiger partial charge in [-0.05, 0) is 24.3 Å². The lowest BCUT2D eigenvalue weighted by Gasteiger charge is -2.20. The zero-order valence-corrected chi connectivity index (χ0v) is 16.0. The predicted molar refractivity (Wildman–Crippen MR) is 113 cm³/mol. The topological polar surface area (TPSA) is 137 Å². The second-order valence-corrected chi connectivity index (χ2v) is 6.73. The van der Waals surface area contributed by atoms with Crippen LogP contribution in [0.3, 0.4) is 0 Å². The number of halogens is 1. The maximum absolute atomic E-state index is 14.1. The molecular weight excluding hydrogens is 401 g/mol. The highest BCUT2D eigenvalue weighted by Gasteiger charge is 2.19. The molecule has 5 aromatic rings. The Morgan fingerprint density at radius 1 is 1.13 bits per heavy atom. The number of nitrogens with zero attached hydrogens (tertiary/aromatic N) is 5. The lowest BCUT2D eigenvalue weighted by Crippen LogP contribution is -2.26. The molecule has 4 aromatic heterocycles. The third-order valence-electron chi connectivity index (χ3n) is 4.74. The first-order chi connectivity index (χ1) is 15.2. The molecule has 1 unspecified atom stereocenters. The molecule has 154 valence electrons. The van der Waals surface area contributed by atoms with Crippen molar-refractivity contribution >= 4 is 33.6 Å². The standard InChI is InChI=1S/C20H16FN9O/c21-12-4-1-5-13-15(12)20(31)30-17(28-13)14(8-23-11-3-2-6-22-7-11)29-19-16-18(25-9-24-16)26-10-27-19/h1-7,9-10,14,23H,8H2,(H,28,30,31)(H2,24,25,26,27,29). The molecule has 0 aliphatic carbocycles. The van der Waals surface area contributed by atoms with Crippen molar-refractivity contribution in [1.82, 2.24) is 34.9 Å². The van der Waals surface area contributed by atoms with Crippen molar-refractivity contribution in [2.24, 2.45) is 0 Å². The maximum atomic E-state index is 14.1. The van der Waals surface area contributed by atoms with Crippen LogP contribution >= 0.6 is 0 Å². The molecule has 0 spiro atoms. The molecule has 1 aromatic carbocycles. The van der Waals surface area contributed by atoms with Crippen molar-refractivity contribution in [2.45, 2.75) is 6.04 Å². The summed E-state index contributed by atoms with van der Waals surface area (Å²) in [5.41, 5.74) is 1.61. The van der Waals surface area contributed by atoms with Gasteiger partial charge in [0.25, 0.3) is 5.56 Å². The van der Waals surface area contributed by atoms with Crippen molar-refractivity contribution in [3.63, 3.8) is 0 Å². The number of anilines is 2. The van der Waals surface area contributed by atoms with Gasteiger partial charge in [0, 0.05) is 18.9 Å². The maximum Gasteiger partial charge on any atom is 0.261 e. The van der Waals surface area contributed by atoms with Crippen molar-refractivity contribution in [2.75, 3.05) is 17.2 Å². The molecule has 0 amide bonds. The third-order valence-corrected chi connectivity index (χ3v) is 4.74. The Balaban J connectivity index is 1.55. The number of rotatable bonds is 6. The lowest BCUT2D eigenvalue weighted by atomic mass is 10.2. The fourth-order valence-electron chi connectivity index (χ4n) is 3.28. The van der Waals surface area contributed by atoms with Crippen LogP contribution in [0.4, 0.5) is 15.9 Å². The molecular formula is C20H16FN9O. The largest absolute Gasteiger partial charge is 0.381 e. The van der Waals surface area contributed by atoms with E-state index in [0.717, 1.165) is 5.69 Å². The minimum absolute atomic E-state index is 0.0804. The Labute approximate surface area is 174 Å². The summed E-state index contributed by atoms with van der Waals surface area (Å²) in [4.78, 5) is 39.4. The number of aromatic amines is 2. The minimum atomic E-state index is -0.620. The number of fused-ring (bicyclic) bond motifs is 2. The quantitative estimate of drug-likeness (QED) is 0.330. The van der Waals surface area contributed by atoms with Gasteiger partial charge in [-0.1, -0.05) is 6.07 Å². The Kier molecular flexibility index (Phi) is 4.67. The number of hydrogen-bond donors (Lipinski definition) is 4. The minimum Gasteiger partial charge on any atom is -0.381 e. The van der Waals surface area contributed by atoms with Crippen molar-refractivity contribution in [1.29, 1.82) is 0 Å². The second-order valence-electron chi connectivity index (χ2n) is 6.73. The fourth-order valence-corrected chi connectivity index (χ4v) is 3.28. The molecule has 0 fully saturated rings. The van der Waals surface area contributed by atoms with Gasteiger partial charge in [0.05, 0.1) is 17.5 Å². The summed E-state index contributed by atoms with van der Waals surface area (Å²) in [5, 5.41) is 6.44. The van der Waals surface area contributed by atoms with Gasteiger partial charge in [0.15, 0.2) is 11.5 Å². The number of aromatic nitrogens is 7. The molecule has 0 saturated carbocycles. The molecule has 1 atom stereocenters. The van der Waals surface area contributed by atoms with Crippen LogP contribution in [-0.2, 0) is 0 Å². The van der Waals surface area contributed by atoms with E-state index in [1.54, 1.807) is 18.5 Å². The molecule has 4 heterocycles. The van der Waals surface area contributed by atoms with E-state index >= 15 is 0 Å². The van der Waals surface area contributed by atoms with E-state index in [2.05, 4.69) is 45.5 Å². The number of pyridine rings is 1. The van der Waals surface area contributed by atoms with Crippen molar-refractivity contribution in [3.8, 4) is 0 Å². The average molecular weight is 417 g/mol. The van der Waals surface area contributed by atoms with E-state index < -0.39 is 17.4 Å². The molecule has 0 aliphatic heterocycles. The zero-order valence-electron chi connectivity index (χ0n) is 16.0. The van der Waals surface area contributed by atoms with Crippen LogP contribution in [0.2, 0.25) is 0 Å². The molecule has 10 nitrogen and oxygen atoms in total. The first-order valence-electron chi connectivity index (χ1n) is 9.42. The van der Waals surface area contributed by atoms with E-state index in [1.807, 2.05) is 12.1 Å². The van der Waals surface area contributed by atoms with Crippen LogP contribution in [0.25, 0.3) is 22.1 Å². The average Bonchev–Trinajstić information content (AvgIpc) is 3.27. The molecule has 0 saturated heterocycles. The van der Waals surface area contributed by atoms with Gasteiger partial charge < -0.3 is 20.6 Å². The Morgan fingerprint density at radius 2 is 2.06 bits per heavy atom. The lowest BCUT2D eigenvalue weighted by molar-refractivity contribution is 0.637. The number of H-pyrrole nitrogens is 2. The van der Waals surface area contributed by atoms with Crippen LogP contribution in [-0.4, -0.2) is 41.4 Å². The van der Waals surface area contributed by atoms with Crippen LogP contribution < -0.4 is 16.2 Å². The van der Waals surface area contributed by atoms with Crippen LogP contribution in [0.1, 0.15) is 11.9 Å². The van der Waals surface area contributed by atoms with Crippen LogP contribution in [0, 0.1) is 5.82 Å². The summed E-state index contributed by atoms with van der Waals surface area (Å²) in [5.74, 6) is 0.194. The number of imidazole rings is 1. The highest BCUT2D eigenvalue weighted by molar-refractivity contribution is 5.82. The van der Waals surface area contributed by atoms with Gasteiger partial charge in [-0.25, -0.2) is 24.3 Å². The van der Waals surface area contributed by atoms with Crippen LogP contribution in [0.5, 0.6) is 0 Å². The van der Waals surface area contributed by atoms with Gasteiger partial charge in [0.1, 0.15) is 34.9 Å². The number of hydrogen-bond acceptors (Lipinski definition) is 8. The second kappa shape index (κ2) is 7.78. The molecule has 0 bridgehead atoms. The molecule has 0 aliphatic rings. The number of benzene rings is 1. The van der Waals surface area contributed by atoms with E-state index in [0.29, 0.717) is 29.4 Å². The first-order valence-corrected chi connectivity index (χ1v) is 9.42. The molecule has 11 heteroatoms. The van der Waals surface area contributed by atoms with E-state index in [4.69, 9.17) is 0 Å². The monoisotopic (exact) mass is 417 g/mol. The smallest absolute Gasteiger partial charge is 0.261 e. The van der Waals surface area contributed by atoms with Crippen LogP contribution in [0.15, 0.2) is 60.2 Å². The summed E-state index contributed by atoms with van der Waals surface area (Å²) in [7, 11) is 0. The highest BCUT2D eigenvalue weighted by atomic mass is 19.1. The molecule has 5 rings (SSSR count). The molecule has 0 radical (unpaired) electrons. The summed E-state index contributed by atoms with van der Waals surface area (Å²) in [6.45, 7) is 0.328. The van der Waals surface area contributed by atoms with Gasteiger partial charge in [-0.15, -0.1) is 0 Å². The summed E-state index contributed by atoms with van der Waals surface area (Å²) in [6.07, 6.45) is 6.27. The Bertz CT molecular complexity index is 1420. The Hall–Kier alpha value is -4.41. The van der Waals surface area contributed by atoms with E-state index in [1.165, 1.54) is 24.8 Å². The van der Waals surface area contributed by atoms with Crippen molar-refractivity contribution in [3.05, 3.63) is 77.4 Å². The van der Waals surface area contributed by atoms with Crippen molar-refractivity contribution < 1.29 is 4.39 Å². The van der Waals surface area contributed by atoms with Gasteiger partial charge in [-0.3, -0.25) is 9.78 Å². The summed E-state index contributed by atoms with van der Waals surface area (Å²) >= 11 is 0. The highest BCUT2D eigenvalue weighted by Crippen LogP contribution is 2.22. The first kappa shape index (κ1) is 18.6. The SMILES string of the molecule is O=c1[nH]c(C(CNc2cccnc2)Nc2ncnc3nc[nH]c23)nc2cccc(F)c12. The fraction of sp³-hybridized carbons (Fsp3) is 0.100. The predicted octanol–water partition coefficient (Wildman–Crippen LogP) is 2.39. The summed E-state index contributed by atoms with van der Waals surface area (Å²) in [6, 6.07) is 7.50. The van der Waals surface area contributed by atoms with Gasteiger partial charge in [-0.2, -0.15) is 0 Å². The van der Waals surface area contributed by atoms with E-state index in [9.17, 15) is 9.18 Å². The Morgan fingerprint density at radius 3 is 2.94 bits per heavy atom. The normalized spacial score (nSPS) is 12.2. The molecule has 31 heavy (non-hydrogen) atoms. The summed E-state index contributed by atoms with van der Waals surface area (Å²) < 4.78 is 14.1. The third kappa shape index (κ3) is 3.64. The molecule has 4 N–H and O–H groups in total. The van der Waals surface area contributed by atoms with Gasteiger partial charge >= 0.3 is 0 Å². The number of nitrogens with one attached hydrogen (secondary N) is 4. The van der Waals surface area contributed by atoms with E-state index in [-0.39, 0.29) is 10.9 Å². The zero-order chi connectivity index (χ0) is 21.2. The van der Waals surface area contributed by atoms with Gasteiger partial charge in [0.2, 0.25) is 0 Å².